The van der Waals surface area contributed by atoms with Gasteiger partial charge in [-0.05, 0) is 33.7 Å². The highest BCUT2D eigenvalue weighted by Crippen LogP contribution is 2.10. The van der Waals surface area contributed by atoms with Crippen LogP contribution in [0, 0.1) is 0 Å². The number of unbranched alkanes of at least 4 members (excludes halogenated alkanes) is 3. The zero-order chi connectivity index (χ0) is 23.6. The standard InChI is InChI=1S/C21H41N5O5/c1-6-26(7-2)21(30)31-15-11-9-8-10-12-19(28)25(5)17(16-18(27)23-4)20(29)24-14-13-22-3/h17,22H,6-16H2,1-5H3,(H,23,27)(H,24,29)/t17-/m0/s1. The number of nitrogens with one attached hydrogen (secondary N) is 3. The van der Waals surface area contributed by atoms with E-state index in [1.54, 1.807) is 19.0 Å². The molecule has 180 valence electrons. The topological polar surface area (TPSA) is 120 Å². The molecule has 3 N–H and O–H groups in total. The van der Waals surface area contributed by atoms with Crippen molar-refractivity contribution in [2.24, 2.45) is 0 Å². The number of hydrogen-bond acceptors (Lipinski definition) is 6. The number of rotatable bonds is 16. The molecule has 4 amide bonds. The van der Waals surface area contributed by atoms with Crippen LogP contribution in [0.4, 0.5) is 4.79 Å². The summed E-state index contributed by atoms with van der Waals surface area (Å²) in [6, 6.07) is -0.844. The molecule has 0 fully saturated rings. The third-order valence-corrected chi connectivity index (χ3v) is 5.03. The lowest BCUT2D eigenvalue weighted by Crippen LogP contribution is -2.50. The van der Waals surface area contributed by atoms with Gasteiger partial charge in [0.25, 0.3) is 0 Å². The molecule has 0 aliphatic carbocycles. The molecular weight excluding hydrogens is 402 g/mol. The van der Waals surface area contributed by atoms with Crippen LogP contribution >= 0.6 is 0 Å². The Morgan fingerprint density at radius 2 is 1.58 bits per heavy atom. The number of nitrogens with zero attached hydrogens (tertiary/aromatic N) is 2. The first-order valence-corrected chi connectivity index (χ1v) is 11.1. The van der Waals surface area contributed by atoms with E-state index in [2.05, 4.69) is 16.0 Å². The monoisotopic (exact) mass is 443 g/mol. The van der Waals surface area contributed by atoms with Crippen LogP contribution in [0.15, 0.2) is 0 Å². The van der Waals surface area contributed by atoms with Crippen LogP contribution in [0.2, 0.25) is 0 Å². The largest absolute Gasteiger partial charge is 0.449 e. The molecule has 0 saturated carbocycles. The van der Waals surface area contributed by atoms with Gasteiger partial charge in [0.2, 0.25) is 17.7 Å². The van der Waals surface area contributed by atoms with Gasteiger partial charge in [0.05, 0.1) is 13.0 Å². The molecule has 10 heteroatoms. The van der Waals surface area contributed by atoms with E-state index >= 15 is 0 Å². The number of carbonyl (C=O) groups excluding carboxylic acids is 4. The van der Waals surface area contributed by atoms with E-state index < -0.39 is 6.04 Å². The molecule has 0 rings (SSSR count). The molecule has 0 bridgehead atoms. The lowest BCUT2D eigenvalue weighted by Gasteiger charge is -2.27. The maximum Gasteiger partial charge on any atom is 0.409 e. The van der Waals surface area contributed by atoms with E-state index in [-0.39, 0.29) is 30.2 Å². The molecule has 0 aromatic heterocycles. The average Bonchev–Trinajstić information content (AvgIpc) is 2.76. The number of carbonyl (C=O) groups is 4. The minimum absolute atomic E-state index is 0.0813. The van der Waals surface area contributed by atoms with Crippen molar-refractivity contribution < 1.29 is 23.9 Å². The summed E-state index contributed by atoms with van der Waals surface area (Å²) in [5.41, 5.74) is 0. The highest BCUT2D eigenvalue weighted by molar-refractivity contribution is 5.91. The summed E-state index contributed by atoms with van der Waals surface area (Å²) in [4.78, 5) is 51.5. The van der Waals surface area contributed by atoms with Gasteiger partial charge in [-0.3, -0.25) is 14.4 Å². The molecular formula is C21H41N5O5. The average molecular weight is 444 g/mol. The van der Waals surface area contributed by atoms with E-state index in [4.69, 9.17) is 4.74 Å². The molecule has 0 aromatic rings. The van der Waals surface area contributed by atoms with Gasteiger partial charge in [-0.15, -0.1) is 0 Å². The first-order chi connectivity index (χ1) is 14.8. The SMILES string of the molecule is CCN(CC)C(=O)OCCCCCCC(=O)N(C)[C@@H](CC(=O)NC)C(=O)NCCNC. The zero-order valence-corrected chi connectivity index (χ0v) is 19.8. The minimum Gasteiger partial charge on any atom is -0.449 e. The van der Waals surface area contributed by atoms with Crippen LogP contribution in [0.25, 0.3) is 0 Å². The number of ether oxygens (including phenoxy) is 1. The van der Waals surface area contributed by atoms with Crippen LogP contribution in [-0.2, 0) is 19.1 Å². The molecule has 0 aromatic carbocycles. The molecule has 0 unspecified atom stereocenters. The molecule has 0 saturated heterocycles. The Hall–Kier alpha value is -2.36. The third-order valence-electron chi connectivity index (χ3n) is 5.03. The van der Waals surface area contributed by atoms with E-state index in [0.29, 0.717) is 45.6 Å². The molecule has 1 atom stereocenters. The van der Waals surface area contributed by atoms with Crippen LogP contribution in [0.3, 0.4) is 0 Å². The van der Waals surface area contributed by atoms with Gasteiger partial charge in [0.1, 0.15) is 6.04 Å². The van der Waals surface area contributed by atoms with Crippen molar-refractivity contribution >= 4 is 23.8 Å². The third kappa shape index (κ3) is 12.2. The summed E-state index contributed by atoms with van der Waals surface area (Å²) < 4.78 is 5.22. The summed E-state index contributed by atoms with van der Waals surface area (Å²) in [6.45, 7) is 6.44. The predicted molar refractivity (Wildman–Crippen MR) is 120 cm³/mol. The Morgan fingerprint density at radius 1 is 0.935 bits per heavy atom. The molecule has 0 heterocycles. The van der Waals surface area contributed by atoms with Gasteiger partial charge in [-0.25, -0.2) is 4.79 Å². The van der Waals surface area contributed by atoms with Crippen LogP contribution in [-0.4, -0.2) is 93.6 Å². The highest BCUT2D eigenvalue weighted by atomic mass is 16.6. The van der Waals surface area contributed by atoms with E-state index in [0.717, 1.165) is 19.3 Å². The Bertz CT molecular complexity index is 554. The normalized spacial score (nSPS) is 11.4. The lowest BCUT2D eigenvalue weighted by molar-refractivity contribution is -0.141. The molecule has 0 radical (unpaired) electrons. The fraction of sp³-hybridized carbons (Fsp3) is 0.810. The summed E-state index contributed by atoms with van der Waals surface area (Å²) in [6.07, 6.45) is 2.99. The second kappa shape index (κ2) is 17.3. The predicted octanol–water partition coefficient (Wildman–Crippen LogP) is 0.714. The van der Waals surface area contributed by atoms with Gasteiger partial charge < -0.3 is 30.5 Å². The second-order valence-corrected chi connectivity index (χ2v) is 7.24. The Morgan fingerprint density at radius 3 is 2.16 bits per heavy atom. The van der Waals surface area contributed by atoms with Crippen molar-refractivity contribution in [1.29, 1.82) is 0 Å². The molecule has 31 heavy (non-hydrogen) atoms. The van der Waals surface area contributed by atoms with E-state index in [1.807, 2.05) is 13.8 Å². The van der Waals surface area contributed by atoms with Crippen LogP contribution < -0.4 is 16.0 Å². The molecule has 0 aliphatic heterocycles. The quantitative estimate of drug-likeness (QED) is 0.302. The Labute approximate surface area is 186 Å². The van der Waals surface area contributed by atoms with Crippen molar-refractivity contribution in [2.75, 3.05) is 53.9 Å². The Balaban J connectivity index is 4.34. The molecule has 0 aliphatic rings. The molecule has 10 nitrogen and oxygen atoms in total. The number of likely N-dealkylation sites (N-methyl/N-ethyl adjacent to an activating group) is 2. The number of hydrogen-bond donors (Lipinski definition) is 3. The zero-order valence-electron chi connectivity index (χ0n) is 19.8. The fourth-order valence-electron chi connectivity index (χ4n) is 2.93. The maximum atomic E-state index is 12.5. The van der Waals surface area contributed by atoms with Crippen LogP contribution in [0.5, 0.6) is 0 Å². The second-order valence-electron chi connectivity index (χ2n) is 7.24. The van der Waals surface area contributed by atoms with Crippen molar-refractivity contribution in [2.45, 2.75) is 58.4 Å². The fourth-order valence-corrected chi connectivity index (χ4v) is 2.93. The van der Waals surface area contributed by atoms with Gasteiger partial charge in [0.15, 0.2) is 0 Å². The van der Waals surface area contributed by atoms with Crippen LogP contribution in [0.1, 0.15) is 52.4 Å². The smallest absolute Gasteiger partial charge is 0.409 e. The summed E-state index contributed by atoms with van der Waals surface area (Å²) in [5, 5.41) is 8.17. The first kappa shape index (κ1) is 28.6. The number of amides is 4. The van der Waals surface area contributed by atoms with Crippen molar-refractivity contribution in [3.05, 3.63) is 0 Å². The first-order valence-electron chi connectivity index (χ1n) is 11.1. The molecule has 0 spiro atoms. The van der Waals surface area contributed by atoms with Crippen molar-refractivity contribution in [3.8, 4) is 0 Å². The maximum absolute atomic E-state index is 12.5. The lowest BCUT2D eigenvalue weighted by atomic mass is 10.1. The van der Waals surface area contributed by atoms with Gasteiger partial charge in [-0.1, -0.05) is 12.8 Å². The van der Waals surface area contributed by atoms with Gasteiger partial charge in [0, 0.05) is 46.7 Å². The highest BCUT2D eigenvalue weighted by Gasteiger charge is 2.28. The van der Waals surface area contributed by atoms with E-state index in [1.165, 1.54) is 11.9 Å². The van der Waals surface area contributed by atoms with E-state index in [9.17, 15) is 19.2 Å². The van der Waals surface area contributed by atoms with Crippen molar-refractivity contribution in [1.82, 2.24) is 25.8 Å². The minimum atomic E-state index is -0.844. The Kier molecular flexibility index (Phi) is 16.0. The summed E-state index contributed by atoms with van der Waals surface area (Å²) >= 11 is 0. The van der Waals surface area contributed by atoms with Crippen molar-refractivity contribution in [3.63, 3.8) is 0 Å². The summed E-state index contributed by atoms with van der Waals surface area (Å²) in [7, 11) is 4.83. The van der Waals surface area contributed by atoms with Gasteiger partial charge in [-0.2, -0.15) is 0 Å². The van der Waals surface area contributed by atoms with Gasteiger partial charge >= 0.3 is 6.09 Å². The summed E-state index contributed by atoms with van der Waals surface area (Å²) in [5.74, 6) is -0.817.